The topological polar surface area (TPSA) is 93.8 Å². The molecule has 0 radical (unpaired) electrons. The molecule has 2 aromatic rings. The minimum atomic E-state index is -4.60. The summed E-state index contributed by atoms with van der Waals surface area (Å²) in [5, 5.41) is 7.18. The fraction of sp³-hybridized carbons (Fsp3) is 0.483. The van der Waals surface area contributed by atoms with Crippen LogP contribution in [0.25, 0.3) is 0 Å². The Labute approximate surface area is 237 Å². The van der Waals surface area contributed by atoms with Crippen LogP contribution in [0, 0.1) is 11.2 Å². The zero-order valence-corrected chi connectivity index (χ0v) is 23.9. The minimum absolute atomic E-state index is 0.0462. The molecule has 0 bridgehead atoms. The summed E-state index contributed by atoms with van der Waals surface area (Å²) in [4.78, 5) is 41.7. The summed E-state index contributed by atoms with van der Waals surface area (Å²) in [5.74, 6) is -1.96. The molecule has 41 heavy (non-hydrogen) atoms. The first-order chi connectivity index (χ1) is 19.0. The maximum Gasteiger partial charge on any atom is 0.410 e. The first-order valence-corrected chi connectivity index (χ1v) is 13.3. The lowest BCUT2D eigenvalue weighted by Crippen LogP contribution is -2.54. The Morgan fingerprint density at radius 2 is 1.54 bits per heavy atom. The zero-order chi connectivity index (χ0) is 30.6. The van der Waals surface area contributed by atoms with Crippen LogP contribution in [0.5, 0.6) is 0 Å². The smallest absolute Gasteiger partial charge is 0.338 e. The summed E-state index contributed by atoms with van der Waals surface area (Å²) in [6.07, 6.45) is -4.60. The number of rotatable bonds is 7. The van der Waals surface area contributed by atoms with Crippen molar-refractivity contribution in [2.24, 2.45) is 5.41 Å². The molecule has 0 aliphatic carbocycles. The van der Waals surface area contributed by atoms with Crippen LogP contribution in [0.15, 0.2) is 42.5 Å². The molecule has 0 atom stereocenters. The molecule has 224 valence electrons. The molecule has 1 saturated heterocycles. The lowest BCUT2D eigenvalue weighted by atomic mass is 9.97. The normalized spacial score (nSPS) is 14.9. The van der Waals surface area contributed by atoms with E-state index in [1.54, 1.807) is 23.1 Å². The molecule has 4 amide bonds. The molecule has 12 heteroatoms. The van der Waals surface area contributed by atoms with E-state index in [9.17, 15) is 31.9 Å². The number of hydrogen-bond donors (Lipinski definition) is 3. The number of nitrogens with one attached hydrogen (secondary N) is 3. The van der Waals surface area contributed by atoms with E-state index >= 15 is 0 Å². The van der Waals surface area contributed by atoms with Gasteiger partial charge in [0.2, 0.25) is 0 Å². The lowest BCUT2D eigenvalue weighted by Gasteiger charge is -2.35. The van der Waals surface area contributed by atoms with E-state index in [4.69, 9.17) is 0 Å². The van der Waals surface area contributed by atoms with E-state index in [1.165, 1.54) is 24.3 Å². The van der Waals surface area contributed by atoms with Crippen molar-refractivity contribution in [3.63, 3.8) is 0 Å². The van der Waals surface area contributed by atoms with Crippen LogP contribution >= 0.6 is 0 Å². The summed E-state index contributed by atoms with van der Waals surface area (Å²) < 4.78 is 54.2. The highest BCUT2D eigenvalue weighted by molar-refractivity contribution is 6.03. The second-order valence-electron chi connectivity index (χ2n) is 11.9. The molecule has 3 rings (SSSR count). The summed E-state index contributed by atoms with van der Waals surface area (Å²) in [6, 6.07) is 9.84. The second kappa shape index (κ2) is 12.5. The van der Waals surface area contributed by atoms with Gasteiger partial charge < -0.3 is 20.9 Å². The van der Waals surface area contributed by atoms with Crippen molar-refractivity contribution in [3.8, 4) is 0 Å². The van der Waals surface area contributed by atoms with E-state index in [1.807, 2.05) is 31.0 Å². The third-order valence-electron chi connectivity index (χ3n) is 6.65. The molecular weight excluding hydrogens is 542 g/mol. The summed E-state index contributed by atoms with van der Waals surface area (Å²) in [5.41, 5.74) is -1.84. The standard InChI is InChI=1S/C29H37F4N5O3/c1-27(2,3)18-34-26(41)35-23-21(10-7-11-22(23)30)25(40)38-14-12-37(13-15-38)17-19-8-6-9-20(16-19)24(39)36-28(4,5)29(31,32)33/h6-11,16H,12-15,17-18H2,1-5H3,(H,36,39)(H2,34,35,41). The van der Waals surface area contributed by atoms with Gasteiger partial charge in [0.05, 0.1) is 11.3 Å². The predicted molar refractivity (Wildman–Crippen MR) is 148 cm³/mol. The summed E-state index contributed by atoms with van der Waals surface area (Å²) in [7, 11) is 0. The van der Waals surface area contributed by atoms with Crippen LogP contribution in [0.2, 0.25) is 0 Å². The van der Waals surface area contributed by atoms with Crippen molar-refractivity contribution < 1.29 is 31.9 Å². The Balaban J connectivity index is 1.61. The Kier molecular flexibility index (Phi) is 9.68. The van der Waals surface area contributed by atoms with E-state index in [0.717, 1.165) is 19.4 Å². The number of nitrogens with zero attached hydrogens (tertiary/aromatic N) is 2. The van der Waals surface area contributed by atoms with E-state index in [-0.39, 0.29) is 22.2 Å². The number of hydrogen-bond acceptors (Lipinski definition) is 4. The Bertz CT molecular complexity index is 1270. The second-order valence-corrected chi connectivity index (χ2v) is 11.9. The van der Waals surface area contributed by atoms with Gasteiger partial charge in [-0.15, -0.1) is 0 Å². The molecule has 1 heterocycles. The van der Waals surface area contributed by atoms with Gasteiger partial charge >= 0.3 is 12.2 Å². The summed E-state index contributed by atoms with van der Waals surface area (Å²) in [6.45, 7) is 10.1. The molecule has 1 aliphatic heterocycles. The van der Waals surface area contributed by atoms with E-state index < -0.39 is 35.4 Å². The minimum Gasteiger partial charge on any atom is -0.338 e. The lowest BCUT2D eigenvalue weighted by molar-refractivity contribution is -0.182. The van der Waals surface area contributed by atoms with Crippen LogP contribution in [0.3, 0.4) is 0 Å². The van der Waals surface area contributed by atoms with Crippen molar-refractivity contribution in [3.05, 3.63) is 65.0 Å². The molecule has 1 aliphatic rings. The van der Waals surface area contributed by atoms with Crippen molar-refractivity contribution in [2.45, 2.75) is 52.9 Å². The average molecular weight is 580 g/mol. The van der Waals surface area contributed by atoms with E-state index in [2.05, 4.69) is 10.6 Å². The Morgan fingerprint density at radius 1 is 0.902 bits per heavy atom. The largest absolute Gasteiger partial charge is 0.410 e. The molecule has 1 fully saturated rings. The fourth-order valence-corrected chi connectivity index (χ4v) is 4.11. The van der Waals surface area contributed by atoms with Gasteiger partial charge in [0.15, 0.2) is 0 Å². The van der Waals surface area contributed by atoms with Gasteiger partial charge in [-0.2, -0.15) is 13.2 Å². The van der Waals surface area contributed by atoms with Gasteiger partial charge in [-0.1, -0.05) is 39.0 Å². The van der Waals surface area contributed by atoms with Gasteiger partial charge in [0.1, 0.15) is 11.4 Å². The number of piperazine rings is 1. The fourth-order valence-electron chi connectivity index (χ4n) is 4.11. The monoisotopic (exact) mass is 579 g/mol. The number of anilines is 1. The quantitative estimate of drug-likeness (QED) is 0.402. The number of halogens is 4. The Hall–Kier alpha value is -3.67. The maximum atomic E-state index is 14.6. The average Bonchev–Trinajstić information content (AvgIpc) is 2.87. The third-order valence-corrected chi connectivity index (χ3v) is 6.65. The van der Waals surface area contributed by atoms with Crippen molar-refractivity contribution in [2.75, 3.05) is 38.0 Å². The number of benzene rings is 2. The highest BCUT2D eigenvalue weighted by atomic mass is 19.4. The number of amides is 4. The molecular formula is C29H37F4N5O3. The number of carbonyl (C=O) groups is 3. The van der Waals surface area contributed by atoms with Crippen LogP contribution in [0.1, 0.15) is 60.9 Å². The van der Waals surface area contributed by atoms with Crippen LogP contribution in [-0.2, 0) is 6.54 Å². The third kappa shape index (κ3) is 8.66. The molecule has 3 N–H and O–H groups in total. The van der Waals surface area contributed by atoms with Gasteiger partial charge in [0, 0.05) is 44.8 Å². The van der Waals surface area contributed by atoms with Crippen LogP contribution in [0.4, 0.5) is 28.0 Å². The number of para-hydroxylation sites is 1. The van der Waals surface area contributed by atoms with Crippen molar-refractivity contribution >= 4 is 23.5 Å². The van der Waals surface area contributed by atoms with Gasteiger partial charge in [-0.05, 0) is 49.1 Å². The van der Waals surface area contributed by atoms with Gasteiger partial charge in [0.25, 0.3) is 11.8 Å². The summed E-state index contributed by atoms with van der Waals surface area (Å²) >= 11 is 0. The van der Waals surface area contributed by atoms with E-state index in [0.29, 0.717) is 39.3 Å². The predicted octanol–water partition coefficient (Wildman–Crippen LogP) is 5.02. The molecule has 8 nitrogen and oxygen atoms in total. The Morgan fingerprint density at radius 3 is 2.15 bits per heavy atom. The molecule has 0 aromatic heterocycles. The molecule has 2 aromatic carbocycles. The first kappa shape index (κ1) is 31.9. The van der Waals surface area contributed by atoms with Crippen molar-refractivity contribution in [1.29, 1.82) is 0 Å². The number of urea groups is 1. The van der Waals surface area contributed by atoms with Crippen LogP contribution < -0.4 is 16.0 Å². The first-order valence-electron chi connectivity index (χ1n) is 13.3. The highest BCUT2D eigenvalue weighted by Crippen LogP contribution is 2.30. The SMILES string of the molecule is CC(C)(C)CNC(=O)Nc1c(F)cccc1C(=O)N1CCN(Cc2cccc(C(=O)NC(C)(C)C(F)(F)F)c2)CC1. The maximum absolute atomic E-state index is 14.6. The number of carbonyl (C=O) groups excluding carboxylic acids is 3. The molecule has 0 spiro atoms. The molecule has 0 saturated carbocycles. The zero-order valence-electron chi connectivity index (χ0n) is 23.9. The number of alkyl halides is 3. The van der Waals surface area contributed by atoms with Gasteiger partial charge in [-0.25, -0.2) is 9.18 Å². The highest BCUT2D eigenvalue weighted by Gasteiger charge is 2.48. The van der Waals surface area contributed by atoms with Gasteiger partial charge in [-0.3, -0.25) is 14.5 Å². The van der Waals surface area contributed by atoms with Crippen molar-refractivity contribution in [1.82, 2.24) is 20.4 Å². The van der Waals surface area contributed by atoms with Crippen LogP contribution in [-0.4, -0.2) is 72.1 Å². The molecule has 0 unspecified atom stereocenters.